The Bertz CT molecular complexity index is 482. The van der Waals surface area contributed by atoms with E-state index in [1.54, 1.807) is 6.07 Å². The van der Waals surface area contributed by atoms with E-state index in [1.165, 1.54) is 38.9 Å². The molecular weight excluding hydrogens is 268 g/mol. The van der Waals surface area contributed by atoms with Gasteiger partial charge in [0.2, 0.25) is 0 Å². The molecule has 0 radical (unpaired) electrons. The number of nitrogens with one attached hydrogen (secondary N) is 1. The fraction of sp³-hybridized carbons (Fsp3) is 0.625. The van der Waals surface area contributed by atoms with Gasteiger partial charge < -0.3 is 10.1 Å². The predicted octanol–water partition coefficient (Wildman–Crippen LogP) is 4.37. The summed E-state index contributed by atoms with van der Waals surface area (Å²) < 4.78 is 5.14. The molecule has 0 spiro atoms. The van der Waals surface area contributed by atoms with Crippen LogP contribution < -0.4 is 10.1 Å². The molecule has 2 rings (SSSR count). The van der Waals surface area contributed by atoms with Gasteiger partial charge in [-0.1, -0.05) is 19.8 Å². The second-order valence-corrected chi connectivity index (χ2v) is 5.83. The SMILES string of the molecule is CCCC1CCC(Nc2cc(OC)cc([N+](=O)[O-])c2)CC1. The lowest BCUT2D eigenvalue weighted by Gasteiger charge is -2.29. The van der Waals surface area contributed by atoms with Crippen molar-refractivity contribution in [3.8, 4) is 5.75 Å². The van der Waals surface area contributed by atoms with Gasteiger partial charge in [-0.05, 0) is 31.6 Å². The number of rotatable bonds is 6. The van der Waals surface area contributed by atoms with Crippen LogP contribution in [0, 0.1) is 16.0 Å². The molecule has 0 atom stereocenters. The number of non-ortho nitro benzene ring substituents is 1. The van der Waals surface area contributed by atoms with Crippen LogP contribution in [0.1, 0.15) is 45.4 Å². The Morgan fingerprint density at radius 2 is 2.00 bits per heavy atom. The summed E-state index contributed by atoms with van der Waals surface area (Å²) in [4.78, 5) is 10.6. The lowest BCUT2D eigenvalue weighted by atomic mass is 9.83. The van der Waals surface area contributed by atoms with Gasteiger partial charge in [-0.15, -0.1) is 0 Å². The Morgan fingerprint density at radius 1 is 1.29 bits per heavy atom. The lowest BCUT2D eigenvalue weighted by molar-refractivity contribution is -0.384. The van der Waals surface area contributed by atoms with Crippen LogP contribution in [0.15, 0.2) is 18.2 Å². The maximum atomic E-state index is 11.0. The van der Waals surface area contributed by atoms with Gasteiger partial charge in [0.25, 0.3) is 5.69 Å². The van der Waals surface area contributed by atoms with E-state index in [0.29, 0.717) is 11.8 Å². The standard InChI is InChI=1S/C16H24N2O3/c1-3-4-12-5-7-13(8-6-12)17-14-9-15(18(19)20)11-16(10-14)21-2/h9-13,17H,3-8H2,1-2H3. The summed E-state index contributed by atoms with van der Waals surface area (Å²) in [5, 5.41) is 14.4. The Balaban J connectivity index is 2.00. The van der Waals surface area contributed by atoms with Crippen LogP contribution in [0.5, 0.6) is 5.75 Å². The predicted molar refractivity (Wildman–Crippen MR) is 83.9 cm³/mol. The van der Waals surface area contributed by atoms with Gasteiger partial charge in [-0.25, -0.2) is 0 Å². The summed E-state index contributed by atoms with van der Waals surface area (Å²) in [5.74, 6) is 1.37. The van der Waals surface area contributed by atoms with E-state index < -0.39 is 0 Å². The zero-order chi connectivity index (χ0) is 15.2. The largest absolute Gasteiger partial charge is 0.496 e. The molecule has 1 aromatic carbocycles. The van der Waals surface area contributed by atoms with Gasteiger partial charge >= 0.3 is 0 Å². The molecule has 21 heavy (non-hydrogen) atoms. The highest BCUT2D eigenvalue weighted by Crippen LogP contribution is 2.31. The quantitative estimate of drug-likeness (QED) is 0.624. The molecular formula is C16H24N2O3. The first-order valence-corrected chi connectivity index (χ1v) is 7.72. The van der Waals surface area contributed by atoms with Crippen molar-refractivity contribution in [2.75, 3.05) is 12.4 Å². The summed E-state index contributed by atoms with van der Waals surface area (Å²) >= 11 is 0. The number of hydrogen-bond donors (Lipinski definition) is 1. The maximum Gasteiger partial charge on any atom is 0.275 e. The minimum atomic E-state index is -0.383. The Morgan fingerprint density at radius 3 is 2.57 bits per heavy atom. The second kappa shape index (κ2) is 7.29. The molecule has 5 nitrogen and oxygen atoms in total. The Kier molecular flexibility index (Phi) is 5.42. The summed E-state index contributed by atoms with van der Waals surface area (Å²) in [6.07, 6.45) is 7.34. The molecule has 1 aromatic rings. The molecule has 1 aliphatic carbocycles. The van der Waals surface area contributed by atoms with Gasteiger partial charge in [-0.3, -0.25) is 10.1 Å². The number of anilines is 1. The van der Waals surface area contributed by atoms with Gasteiger partial charge in [-0.2, -0.15) is 0 Å². The monoisotopic (exact) mass is 292 g/mol. The third-order valence-corrected chi connectivity index (χ3v) is 4.25. The number of nitro groups is 1. The number of methoxy groups -OCH3 is 1. The molecule has 0 unspecified atom stereocenters. The summed E-state index contributed by atoms with van der Waals surface area (Å²) in [5.41, 5.74) is 0.844. The molecule has 1 aliphatic rings. The first kappa shape index (κ1) is 15.6. The molecule has 0 aromatic heterocycles. The van der Waals surface area contributed by atoms with E-state index in [0.717, 1.165) is 24.4 Å². The van der Waals surface area contributed by atoms with Crippen LogP contribution in [0.25, 0.3) is 0 Å². The lowest BCUT2D eigenvalue weighted by Crippen LogP contribution is -2.26. The van der Waals surface area contributed by atoms with Crippen molar-refractivity contribution < 1.29 is 9.66 Å². The summed E-state index contributed by atoms with van der Waals surface area (Å²) in [6.45, 7) is 2.24. The molecule has 0 aliphatic heterocycles. The maximum absolute atomic E-state index is 11.0. The fourth-order valence-electron chi connectivity index (χ4n) is 3.13. The van der Waals surface area contributed by atoms with Crippen LogP contribution in [-0.4, -0.2) is 18.1 Å². The number of ether oxygens (including phenoxy) is 1. The smallest absolute Gasteiger partial charge is 0.275 e. The minimum absolute atomic E-state index is 0.0662. The molecule has 0 saturated heterocycles. The molecule has 5 heteroatoms. The van der Waals surface area contributed by atoms with Crippen molar-refractivity contribution in [1.29, 1.82) is 0 Å². The minimum Gasteiger partial charge on any atom is -0.496 e. The van der Waals surface area contributed by atoms with Gasteiger partial charge in [0.15, 0.2) is 0 Å². The van der Waals surface area contributed by atoms with Crippen LogP contribution in [-0.2, 0) is 0 Å². The van der Waals surface area contributed by atoms with Crippen molar-refractivity contribution >= 4 is 11.4 Å². The highest BCUT2D eigenvalue weighted by atomic mass is 16.6. The topological polar surface area (TPSA) is 64.4 Å². The van der Waals surface area contributed by atoms with Crippen molar-refractivity contribution in [2.24, 2.45) is 5.92 Å². The van der Waals surface area contributed by atoms with E-state index in [2.05, 4.69) is 12.2 Å². The molecule has 0 heterocycles. The molecule has 1 fully saturated rings. The van der Waals surface area contributed by atoms with E-state index in [4.69, 9.17) is 4.74 Å². The van der Waals surface area contributed by atoms with E-state index in [-0.39, 0.29) is 10.6 Å². The number of nitrogens with zero attached hydrogens (tertiary/aromatic N) is 1. The Hall–Kier alpha value is -1.78. The molecule has 116 valence electrons. The van der Waals surface area contributed by atoms with Crippen molar-refractivity contribution in [1.82, 2.24) is 0 Å². The molecule has 0 amide bonds. The van der Waals surface area contributed by atoms with Crippen LogP contribution >= 0.6 is 0 Å². The van der Waals surface area contributed by atoms with Crippen LogP contribution in [0.3, 0.4) is 0 Å². The Labute approximate surface area is 125 Å². The normalized spacial score (nSPS) is 21.8. The fourth-order valence-corrected chi connectivity index (χ4v) is 3.13. The molecule has 0 bridgehead atoms. The average Bonchev–Trinajstić information content (AvgIpc) is 2.49. The molecule has 1 N–H and O–H groups in total. The van der Waals surface area contributed by atoms with Gasteiger partial charge in [0, 0.05) is 23.9 Å². The van der Waals surface area contributed by atoms with Gasteiger partial charge in [0.1, 0.15) is 5.75 Å². The van der Waals surface area contributed by atoms with E-state index in [1.807, 2.05) is 6.07 Å². The average molecular weight is 292 g/mol. The van der Waals surface area contributed by atoms with Crippen molar-refractivity contribution in [3.05, 3.63) is 28.3 Å². The zero-order valence-electron chi connectivity index (χ0n) is 12.8. The zero-order valence-corrected chi connectivity index (χ0v) is 12.8. The van der Waals surface area contributed by atoms with Crippen LogP contribution in [0.4, 0.5) is 11.4 Å². The molecule has 1 saturated carbocycles. The van der Waals surface area contributed by atoms with Crippen molar-refractivity contribution in [2.45, 2.75) is 51.5 Å². The third kappa shape index (κ3) is 4.34. The third-order valence-electron chi connectivity index (χ3n) is 4.25. The second-order valence-electron chi connectivity index (χ2n) is 5.83. The van der Waals surface area contributed by atoms with E-state index >= 15 is 0 Å². The van der Waals surface area contributed by atoms with Crippen LogP contribution in [0.2, 0.25) is 0 Å². The number of benzene rings is 1. The number of nitro benzene ring substituents is 1. The van der Waals surface area contributed by atoms with Crippen molar-refractivity contribution in [3.63, 3.8) is 0 Å². The first-order valence-electron chi connectivity index (χ1n) is 7.72. The highest BCUT2D eigenvalue weighted by Gasteiger charge is 2.21. The van der Waals surface area contributed by atoms with Gasteiger partial charge in [0.05, 0.1) is 18.1 Å². The summed E-state index contributed by atoms with van der Waals surface area (Å²) in [6, 6.07) is 5.26. The number of hydrogen-bond acceptors (Lipinski definition) is 4. The summed E-state index contributed by atoms with van der Waals surface area (Å²) in [7, 11) is 1.53. The first-order chi connectivity index (χ1) is 10.1. The highest BCUT2D eigenvalue weighted by molar-refractivity contribution is 5.56. The van der Waals surface area contributed by atoms with E-state index in [9.17, 15) is 10.1 Å².